The Kier molecular flexibility index (Phi) is 19.5. The van der Waals surface area contributed by atoms with Crippen molar-refractivity contribution in [2.45, 2.75) is 154 Å². The summed E-state index contributed by atoms with van der Waals surface area (Å²) in [6, 6.07) is 2.99. The monoisotopic (exact) mass is 1160 g/mol. The standard InChI is InChI=1S/C60H76N10O14/c1-5-11-41(49(72)56(78)64-36-18-19-36)65-55(77)48-38-16-10-15-35(38)32-69(48)59(81)50(60(2,3)4)68-54(76)47(33-12-7-6-8-13-33)67-52(74)43-31-62-42(30-63-43)51(73)61-22-23-82-24-25-83-26-27-84-37-28-34-14-9-17-39-46(34)40(29-37)58(80)70(57(39)79)44-20-21-45(71)66-53(44)75/h9,14,17,28-31,33,35-36,38,41,44,47-48,50H,5-8,10-13,15-16,18-27,32H2,1-4H3,(H,61,73)(H,64,78)(H,65,77)(H,67,74)(H,68,76)(H,66,71,75)/t35-,38?,41-,44?,47-,48-,50+/m0/s1. The van der Waals surface area contributed by atoms with Crippen LogP contribution in [0, 0.1) is 23.2 Å². The Labute approximate surface area is 486 Å². The number of imide groups is 2. The summed E-state index contributed by atoms with van der Waals surface area (Å²) in [5.41, 5.74) is -0.568. The van der Waals surface area contributed by atoms with E-state index >= 15 is 0 Å². The predicted octanol–water partition coefficient (Wildman–Crippen LogP) is 2.84. The third-order valence-electron chi connectivity index (χ3n) is 16.8. The third-order valence-corrected chi connectivity index (χ3v) is 16.8. The summed E-state index contributed by atoms with van der Waals surface area (Å²) in [7, 11) is 0. The van der Waals surface area contributed by atoms with Crippen molar-refractivity contribution in [3.8, 4) is 5.75 Å². The Morgan fingerprint density at radius 2 is 1.46 bits per heavy atom. The molecule has 6 N–H and O–H groups in total. The van der Waals surface area contributed by atoms with Gasteiger partial charge >= 0.3 is 0 Å². The number of fused-ring (bicyclic) bond motifs is 1. The number of carbonyl (C=O) groups excluding carboxylic acids is 11. The molecule has 7 atom stereocenters. The number of hydrogen-bond acceptors (Lipinski definition) is 16. The van der Waals surface area contributed by atoms with Gasteiger partial charge in [0, 0.05) is 36.5 Å². The number of likely N-dealkylation sites (tertiary alicyclic amines) is 1. The number of ketones is 1. The maximum Gasteiger partial charge on any atom is 0.289 e. The van der Waals surface area contributed by atoms with E-state index < -0.39 is 100 Å². The molecule has 3 aliphatic heterocycles. The Morgan fingerprint density at radius 3 is 2.15 bits per heavy atom. The van der Waals surface area contributed by atoms with Crippen molar-refractivity contribution in [3.63, 3.8) is 0 Å². The smallest absolute Gasteiger partial charge is 0.289 e. The molecule has 2 aromatic carbocycles. The van der Waals surface area contributed by atoms with Crippen LogP contribution in [0.5, 0.6) is 5.75 Å². The van der Waals surface area contributed by atoms with E-state index in [1.54, 1.807) is 29.2 Å². The first-order chi connectivity index (χ1) is 40.3. The number of nitrogens with zero attached hydrogens (tertiary/aromatic N) is 4. The minimum absolute atomic E-state index is 0.00105. The van der Waals surface area contributed by atoms with Crippen LogP contribution in [0.4, 0.5) is 0 Å². The number of amides is 10. The molecule has 0 bridgehead atoms. The molecule has 1 aromatic heterocycles. The van der Waals surface area contributed by atoms with Gasteiger partial charge in [-0.3, -0.25) is 63.0 Å². The number of nitrogens with one attached hydrogen (secondary N) is 6. The van der Waals surface area contributed by atoms with Gasteiger partial charge in [-0.2, -0.15) is 0 Å². The van der Waals surface area contributed by atoms with Crippen molar-refractivity contribution >= 4 is 75.6 Å². The highest BCUT2D eigenvalue weighted by Gasteiger charge is 2.53. The summed E-state index contributed by atoms with van der Waals surface area (Å²) >= 11 is 0. The van der Waals surface area contributed by atoms with Crippen LogP contribution in [0.3, 0.4) is 0 Å². The number of rotatable bonds is 25. The molecule has 0 spiro atoms. The van der Waals surface area contributed by atoms with Crippen molar-refractivity contribution in [1.29, 1.82) is 0 Å². The summed E-state index contributed by atoms with van der Waals surface area (Å²) in [5, 5.41) is 17.4. The molecule has 2 saturated heterocycles. The average Bonchev–Trinajstić information content (AvgIpc) is 1.01. The highest BCUT2D eigenvalue weighted by molar-refractivity contribution is 6.38. The normalized spacial score (nSPS) is 21.7. The molecule has 4 heterocycles. The zero-order chi connectivity index (χ0) is 59.8. The van der Waals surface area contributed by atoms with Crippen molar-refractivity contribution in [2.75, 3.05) is 46.1 Å². The van der Waals surface area contributed by atoms with E-state index in [0.717, 1.165) is 62.2 Å². The van der Waals surface area contributed by atoms with Crippen LogP contribution in [-0.2, 0) is 43.0 Å². The summed E-state index contributed by atoms with van der Waals surface area (Å²) in [4.78, 5) is 159. The van der Waals surface area contributed by atoms with Gasteiger partial charge in [-0.15, -0.1) is 0 Å². The maximum absolute atomic E-state index is 14.9. The van der Waals surface area contributed by atoms with Gasteiger partial charge in [-0.25, -0.2) is 9.97 Å². The molecule has 9 rings (SSSR count). The van der Waals surface area contributed by atoms with Crippen LogP contribution in [0.1, 0.15) is 159 Å². The lowest BCUT2D eigenvalue weighted by molar-refractivity contribution is -0.146. The minimum atomic E-state index is -1.12. The van der Waals surface area contributed by atoms with Crippen molar-refractivity contribution in [2.24, 2.45) is 23.2 Å². The van der Waals surface area contributed by atoms with Crippen LogP contribution in [0.15, 0.2) is 42.7 Å². The average molecular weight is 1160 g/mol. The lowest BCUT2D eigenvalue weighted by Gasteiger charge is -2.38. The molecule has 24 nitrogen and oxygen atoms in total. The highest BCUT2D eigenvalue weighted by Crippen LogP contribution is 2.43. The number of ether oxygens (including phenoxy) is 3. The van der Waals surface area contributed by atoms with E-state index in [4.69, 9.17) is 14.2 Å². The second kappa shape index (κ2) is 26.9. The molecule has 6 aliphatic rings. The van der Waals surface area contributed by atoms with Gasteiger partial charge in [0.05, 0.1) is 50.4 Å². The third kappa shape index (κ3) is 14.1. The second-order valence-corrected chi connectivity index (χ2v) is 23.8. The van der Waals surface area contributed by atoms with Crippen LogP contribution in [-0.4, -0.2) is 167 Å². The fraction of sp³-hybridized carbons (Fsp3) is 0.583. The summed E-state index contributed by atoms with van der Waals surface area (Å²) in [6.07, 6.45) is 11.1. The fourth-order valence-electron chi connectivity index (χ4n) is 12.3. The Morgan fingerprint density at radius 1 is 0.762 bits per heavy atom. The Balaban J connectivity index is 0.731. The molecule has 450 valence electrons. The van der Waals surface area contributed by atoms with Crippen LogP contribution in [0.2, 0.25) is 0 Å². The Bertz CT molecular complexity index is 3050. The summed E-state index contributed by atoms with van der Waals surface area (Å²) in [5.74, 6) is -6.64. The minimum Gasteiger partial charge on any atom is -0.491 e. The first-order valence-corrected chi connectivity index (χ1v) is 29.6. The SMILES string of the molecule is CCC[C@H](NC(=O)[C@@H]1C2CCC[C@H]2CN1C(=O)[C@@H](NC(=O)[C@@H](NC(=O)c1cnc(C(=O)NCCOCCOCCOc2cc3c4c(cccc4c2)C(=O)N(C2CCC(=O)NC2=O)C3=O)cn1)C1CCCCC1)C(C)(C)C)C(=O)C(=O)NC1CC1. The van der Waals surface area contributed by atoms with Gasteiger partial charge in [0.1, 0.15) is 47.9 Å². The lowest BCUT2D eigenvalue weighted by Crippen LogP contribution is -2.62. The van der Waals surface area contributed by atoms with E-state index in [9.17, 15) is 52.7 Å². The molecular formula is C60H76N10O14. The van der Waals surface area contributed by atoms with Gasteiger partial charge < -0.3 is 45.7 Å². The molecule has 10 amide bonds. The quantitative estimate of drug-likeness (QED) is 0.0404. The largest absolute Gasteiger partial charge is 0.491 e. The van der Waals surface area contributed by atoms with Gasteiger partial charge in [0.15, 0.2) is 0 Å². The molecule has 3 saturated carbocycles. The number of benzene rings is 2. The van der Waals surface area contributed by atoms with Crippen LogP contribution in [0.25, 0.3) is 10.8 Å². The zero-order valence-corrected chi connectivity index (χ0v) is 48.1. The maximum atomic E-state index is 14.9. The topological polar surface area (TPSA) is 320 Å². The summed E-state index contributed by atoms with van der Waals surface area (Å²) in [6.45, 7) is 8.56. The van der Waals surface area contributed by atoms with Gasteiger partial charge in [-0.05, 0) is 98.1 Å². The number of hydrogen-bond donors (Lipinski definition) is 6. The highest BCUT2D eigenvalue weighted by atomic mass is 16.5. The van der Waals surface area contributed by atoms with Crippen molar-refractivity contribution < 1.29 is 67.0 Å². The van der Waals surface area contributed by atoms with E-state index in [-0.39, 0.29) is 105 Å². The Hall–Kier alpha value is -7.73. The van der Waals surface area contributed by atoms with Gasteiger partial charge in [0.25, 0.3) is 29.5 Å². The van der Waals surface area contributed by atoms with Crippen molar-refractivity contribution in [3.05, 3.63) is 65.2 Å². The fourth-order valence-corrected chi connectivity index (χ4v) is 12.3. The first kappa shape index (κ1) is 60.8. The van der Waals surface area contributed by atoms with Crippen LogP contribution < -0.4 is 36.6 Å². The number of carbonyl (C=O) groups is 11. The predicted molar refractivity (Wildman–Crippen MR) is 301 cm³/mol. The van der Waals surface area contributed by atoms with E-state index in [2.05, 4.69) is 41.9 Å². The summed E-state index contributed by atoms with van der Waals surface area (Å²) < 4.78 is 17.2. The van der Waals surface area contributed by atoms with Crippen molar-refractivity contribution in [1.82, 2.24) is 51.7 Å². The molecular weight excluding hydrogens is 1080 g/mol. The molecule has 3 aliphatic carbocycles. The van der Waals surface area contributed by atoms with Gasteiger partial charge in [0.2, 0.25) is 35.3 Å². The van der Waals surface area contributed by atoms with E-state index in [1.165, 1.54) is 6.07 Å². The molecule has 84 heavy (non-hydrogen) atoms. The first-order valence-electron chi connectivity index (χ1n) is 29.6. The number of Topliss-reactive ketones (excluding diaryl/α,β-unsaturated/α-hetero) is 1. The molecule has 5 fully saturated rings. The van der Waals surface area contributed by atoms with E-state index in [1.807, 2.05) is 27.7 Å². The zero-order valence-electron chi connectivity index (χ0n) is 48.1. The number of piperidine rings is 1. The van der Waals surface area contributed by atoms with Gasteiger partial charge in [-0.1, -0.05) is 71.9 Å². The molecule has 3 aromatic rings. The van der Waals surface area contributed by atoms with E-state index in [0.29, 0.717) is 48.8 Å². The molecule has 2 unspecified atom stereocenters. The molecule has 24 heteroatoms. The lowest BCUT2D eigenvalue weighted by atomic mass is 9.82. The molecule has 0 radical (unpaired) electrons. The second-order valence-electron chi connectivity index (χ2n) is 23.8. The number of aromatic nitrogens is 2. The van der Waals surface area contributed by atoms with Crippen LogP contribution >= 0.6 is 0 Å².